The molecule has 0 unspecified atom stereocenters. The van der Waals surface area contributed by atoms with Crippen molar-refractivity contribution in [2.24, 2.45) is 0 Å². The lowest BCUT2D eigenvalue weighted by molar-refractivity contribution is -0.137. The zero-order valence-corrected chi connectivity index (χ0v) is 10.1. The van der Waals surface area contributed by atoms with E-state index in [1.54, 1.807) is 6.92 Å². The van der Waals surface area contributed by atoms with Gasteiger partial charge in [-0.3, -0.25) is 0 Å². The highest BCUT2D eigenvalue weighted by Gasteiger charge is 2.30. The van der Waals surface area contributed by atoms with Crippen LogP contribution in [0.2, 0.25) is 0 Å². The van der Waals surface area contributed by atoms with Crippen molar-refractivity contribution in [2.75, 3.05) is 5.73 Å². The van der Waals surface area contributed by atoms with E-state index in [1.807, 2.05) is 0 Å². The molecule has 0 bridgehead atoms. The van der Waals surface area contributed by atoms with Crippen molar-refractivity contribution in [3.05, 3.63) is 53.3 Å². The second-order valence-corrected chi connectivity index (χ2v) is 4.26. The molecule has 0 heterocycles. The van der Waals surface area contributed by atoms with Crippen molar-refractivity contribution in [3.63, 3.8) is 0 Å². The molecule has 2 aromatic carbocycles. The van der Waals surface area contributed by atoms with Crippen LogP contribution in [-0.4, -0.2) is 0 Å². The predicted octanol–water partition coefficient (Wildman–Crippen LogP) is 4.40. The Morgan fingerprint density at radius 3 is 2.11 bits per heavy atom. The molecule has 0 aliphatic heterocycles. The summed E-state index contributed by atoms with van der Waals surface area (Å²) in [5.41, 5.74) is 6.69. The van der Waals surface area contributed by atoms with Crippen molar-refractivity contribution >= 4 is 5.69 Å². The van der Waals surface area contributed by atoms with Crippen molar-refractivity contribution in [3.8, 4) is 11.1 Å². The maximum atomic E-state index is 13.0. The third-order valence-corrected chi connectivity index (χ3v) is 2.86. The average molecular weight is 269 g/mol. The van der Waals surface area contributed by atoms with Gasteiger partial charge in [-0.25, -0.2) is 4.39 Å². The molecule has 0 amide bonds. The number of hydrogen-bond acceptors (Lipinski definition) is 1. The van der Waals surface area contributed by atoms with E-state index < -0.39 is 17.6 Å². The molecule has 0 aromatic heterocycles. The normalized spacial score (nSPS) is 11.6. The quantitative estimate of drug-likeness (QED) is 0.602. The van der Waals surface area contributed by atoms with E-state index in [1.165, 1.54) is 18.2 Å². The minimum atomic E-state index is -4.38. The van der Waals surface area contributed by atoms with Crippen molar-refractivity contribution in [1.82, 2.24) is 0 Å². The van der Waals surface area contributed by atoms with Crippen LogP contribution >= 0.6 is 0 Å². The monoisotopic (exact) mass is 269 g/mol. The highest BCUT2D eigenvalue weighted by molar-refractivity contribution is 5.78. The van der Waals surface area contributed by atoms with E-state index in [4.69, 9.17) is 5.73 Å². The van der Waals surface area contributed by atoms with Gasteiger partial charge in [0.2, 0.25) is 0 Å². The van der Waals surface area contributed by atoms with E-state index in [-0.39, 0.29) is 5.69 Å². The summed E-state index contributed by atoms with van der Waals surface area (Å²) in [7, 11) is 0. The molecule has 0 fully saturated rings. The van der Waals surface area contributed by atoms with Gasteiger partial charge in [0, 0.05) is 11.3 Å². The van der Waals surface area contributed by atoms with Crippen LogP contribution in [0.3, 0.4) is 0 Å². The fraction of sp³-hybridized carbons (Fsp3) is 0.143. The highest BCUT2D eigenvalue weighted by atomic mass is 19.4. The molecule has 0 aliphatic carbocycles. The molecule has 2 aromatic rings. The van der Waals surface area contributed by atoms with E-state index in [2.05, 4.69) is 0 Å². The first-order valence-electron chi connectivity index (χ1n) is 5.52. The molecule has 0 aliphatic rings. The molecule has 0 radical (unpaired) electrons. The van der Waals surface area contributed by atoms with Gasteiger partial charge in [-0.05, 0) is 48.4 Å². The minimum Gasteiger partial charge on any atom is -0.398 e. The van der Waals surface area contributed by atoms with Crippen LogP contribution in [0, 0.1) is 12.7 Å². The molecule has 5 heteroatoms. The number of aryl methyl sites for hydroxylation is 1. The van der Waals surface area contributed by atoms with Crippen LogP contribution in [0.1, 0.15) is 11.1 Å². The molecular formula is C14H11F4N. The summed E-state index contributed by atoms with van der Waals surface area (Å²) in [6.07, 6.45) is -4.38. The van der Waals surface area contributed by atoms with Crippen LogP contribution in [-0.2, 0) is 6.18 Å². The summed E-state index contributed by atoms with van der Waals surface area (Å²) in [4.78, 5) is 0. The number of benzene rings is 2. The van der Waals surface area contributed by atoms with Crippen LogP contribution in [0.15, 0.2) is 36.4 Å². The van der Waals surface area contributed by atoms with E-state index >= 15 is 0 Å². The Morgan fingerprint density at radius 1 is 0.947 bits per heavy atom. The first-order chi connectivity index (χ1) is 8.79. The maximum absolute atomic E-state index is 13.0. The van der Waals surface area contributed by atoms with Crippen LogP contribution in [0.4, 0.5) is 23.2 Å². The summed E-state index contributed by atoms with van der Waals surface area (Å²) in [6.45, 7) is 1.56. The summed E-state index contributed by atoms with van der Waals surface area (Å²) in [5, 5.41) is 0. The van der Waals surface area contributed by atoms with Gasteiger partial charge in [-0.2, -0.15) is 13.2 Å². The Labute approximate surface area is 107 Å². The number of alkyl halides is 3. The first kappa shape index (κ1) is 13.4. The number of nitrogens with two attached hydrogens (primary N) is 1. The molecule has 0 spiro atoms. The third kappa shape index (κ3) is 2.70. The zero-order chi connectivity index (χ0) is 14.2. The zero-order valence-electron chi connectivity index (χ0n) is 10.1. The first-order valence-corrected chi connectivity index (χ1v) is 5.52. The van der Waals surface area contributed by atoms with E-state index in [0.29, 0.717) is 16.7 Å². The fourth-order valence-corrected chi connectivity index (χ4v) is 1.92. The Balaban J connectivity index is 2.52. The Bertz CT molecular complexity index is 617. The highest BCUT2D eigenvalue weighted by Crippen LogP contribution is 2.34. The molecule has 100 valence electrons. The van der Waals surface area contributed by atoms with Gasteiger partial charge in [0.15, 0.2) is 0 Å². The van der Waals surface area contributed by atoms with E-state index in [9.17, 15) is 17.6 Å². The van der Waals surface area contributed by atoms with Gasteiger partial charge >= 0.3 is 6.18 Å². The second-order valence-electron chi connectivity index (χ2n) is 4.26. The van der Waals surface area contributed by atoms with Gasteiger partial charge in [-0.1, -0.05) is 6.07 Å². The largest absolute Gasteiger partial charge is 0.416 e. The third-order valence-electron chi connectivity index (χ3n) is 2.86. The van der Waals surface area contributed by atoms with E-state index in [0.717, 1.165) is 18.2 Å². The Kier molecular flexibility index (Phi) is 3.22. The van der Waals surface area contributed by atoms with Crippen molar-refractivity contribution in [2.45, 2.75) is 13.1 Å². The number of hydrogen-bond donors (Lipinski definition) is 1. The van der Waals surface area contributed by atoms with Gasteiger partial charge in [-0.15, -0.1) is 0 Å². The SMILES string of the molecule is Cc1cc(C(F)(F)F)ccc1-c1ccc(F)cc1N. The number of rotatable bonds is 1. The molecule has 0 atom stereocenters. The standard InChI is InChI=1S/C14H11F4N/c1-8-6-9(14(16,17)18)2-4-11(8)12-5-3-10(15)7-13(12)19/h2-7H,19H2,1H3. The van der Waals surface area contributed by atoms with Gasteiger partial charge in [0.05, 0.1) is 5.56 Å². The van der Waals surface area contributed by atoms with Crippen LogP contribution < -0.4 is 5.73 Å². The van der Waals surface area contributed by atoms with Crippen LogP contribution in [0.5, 0.6) is 0 Å². The van der Waals surface area contributed by atoms with Crippen molar-refractivity contribution in [1.29, 1.82) is 0 Å². The van der Waals surface area contributed by atoms with Gasteiger partial charge < -0.3 is 5.73 Å². The van der Waals surface area contributed by atoms with Crippen LogP contribution in [0.25, 0.3) is 11.1 Å². The summed E-state index contributed by atoms with van der Waals surface area (Å²) < 4.78 is 50.6. The van der Waals surface area contributed by atoms with Crippen molar-refractivity contribution < 1.29 is 17.6 Å². The molecule has 19 heavy (non-hydrogen) atoms. The number of nitrogen functional groups attached to an aromatic ring is 1. The fourth-order valence-electron chi connectivity index (χ4n) is 1.92. The lowest BCUT2D eigenvalue weighted by atomic mass is 9.97. The lowest BCUT2D eigenvalue weighted by Crippen LogP contribution is -2.05. The minimum absolute atomic E-state index is 0.197. The Morgan fingerprint density at radius 2 is 1.58 bits per heavy atom. The molecular weight excluding hydrogens is 258 g/mol. The van der Waals surface area contributed by atoms with Gasteiger partial charge in [0.1, 0.15) is 5.82 Å². The molecule has 2 N–H and O–H groups in total. The smallest absolute Gasteiger partial charge is 0.398 e. The number of halogens is 4. The molecule has 0 saturated heterocycles. The maximum Gasteiger partial charge on any atom is 0.416 e. The summed E-state index contributed by atoms with van der Waals surface area (Å²) in [5.74, 6) is -0.481. The predicted molar refractivity (Wildman–Crippen MR) is 66.0 cm³/mol. The topological polar surface area (TPSA) is 26.0 Å². The average Bonchev–Trinajstić information content (AvgIpc) is 2.28. The summed E-state index contributed by atoms with van der Waals surface area (Å²) >= 11 is 0. The second kappa shape index (κ2) is 4.57. The molecule has 1 nitrogen and oxygen atoms in total. The number of anilines is 1. The molecule has 2 rings (SSSR count). The van der Waals surface area contributed by atoms with Gasteiger partial charge in [0.25, 0.3) is 0 Å². The summed E-state index contributed by atoms with van der Waals surface area (Å²) in [6, 6.07) is 7.22. The lowest BCUT2D eigenvalue weighted by Gasteiger charge is -2.12. The Hall–Kier alpha value is -2.04. The molecule has 0 saturated carbocycles.